The first-order valence-corrected chi connectivity index (χ1v) is 5.53. The van der Waals surface area contributed by atoms with Crippen LogP contribution in [-0.4, -0.2) is 11.0 Å². The van der Waals surface area contributed by atoms with Crippen LogP contribution in [0.3, 0.4) is 0 Å². The lowest BCUT2D eigenvalue weighted by Crippen LogP contribution is -2.16. The zero-order valence-corrected chi connectivity index (χ0v) is 9.59. The molecular weight excluding hydrogens is 216 g/mol. The van der Waals surface area contributed by atoms with Crippen LogP contribution in [0.1, 0.15) is 13.3 Å². The first-order chi connectivity index (χ1) is 8.16. The van der Waals surface area contributed by atoms with Crippen molar-refractivity contribution in [1.82, 2.24) is 0 Å². The lowest BCUT2D eigenvalue weighted by molar-refractivity contribution is -0.384. The summed E-state index contributed by atoms with van der Waals surface area (Å²) in [4.78, 5) is 10.1. The summed E-state index contributed by atoms with van der Waals surface area (Å²) in [5, 5.41) is 13.8. The molecule has 0 saturated heterocycles. The predicted molar refractivity (Wildman–Crippen MR) is 68.0 cm³/mol. The van der Waals surface area contributed by atoms with E-state index in [1.54, 1.807) is 12.1 Å². The standard InChI is InChI=1S/C13H14N2O2/c1-10(11-4-2-3-5-11)14-12-6-8-13(9-7-12)15(16)17/h2-4,6-10,14H,5H2,1H3. The minimum Gasteiger partial charge on any atom is -0.379 e. The second-order valence-electron chi connectivity index (χ2n) is 4.04. The molecule has 1 aliphatic rings. The highest BCUT2D eigenvalue weighted by atomic mass is 16.6. The van der Waals surface area contributed by atoms with E-state index in [9.17, 15) is 10.1 Å². The smallest absolute Gasteiger partial charge is 0.269 e. The van der Waals surface area contributed by atoms with Crippen LogP contribution in [0.4, 0.5) is 11.4 Å². The van der Waals surface area contributed by atoms with Gasteiger partial charge in [0.15, 0.2) is 0 Å². The summed E-state index contributed by atoms with van der Waals surface area (Å²) in [5.41, 5.74) is 2.34. The molecular formula is C13H14N2O2. The number of nitrogens with one attached hydrogen (secondary N) is 1. The van der Waals surface area contributed by atoms with Crippen molar-refractivity contribution in [3.8, 4) is 0 Å². The van der Waals surface area contributed by atoms with Gasteiger partial charge >= 0.3 is 0 Å². The molecule has 4 heteroatoms. The Morgan fingerprint density at radius 2 is 2.06 bits per heavy atom. The number of nitro groups is 1. The van der Waals surface area contributed by atoms with E-state index < -0.39 is 4.92 Å². The van der Waals surface area contributed by atoms with Crippen LogP contribution in [0.25, 0.3) is 0 Å². The number of nitro benzene ring substituents is 1. The lowest BCUT2D eigenvalue weighted by Gasteiger charge is -2.16. The van der Waals surface area contributed by atoms with Crippen molar-refractivity contribution in [1.29, 1.82) is 0 Å². The van der Waals surface area contributed by atoms with Crippen LogP contribution < -0.4 is 5.32 Å². The number of hydrogen-bond donors (Lipinski definition) is 1. The van der Waals surface area contributed by atoms with E-state index in [1.165, 1.54) is 17.7 Å². The molecule has 1 atom stereocenters. The third-order valence-corrected chi connectivity index (χ3v) is 2.82. The first-order valence-electron chi connectivity index (χ1n) is 5.53. The van der Waals surface area contributed by atoms with Gasteiger partial charge < -0.3 is 5.32 Å². The molecule has 0 heterocycles. The van der Waals surface area contributed by atoms with Crippen LogP contribution in [0.2, 0.25) is 0 Å². The number of benzene rings is 1. The summed E-state index contributed by atoms with van der Waals surface area (Å²) in [6, 6.07) is 6.73. The topological polar surface area (TPSA) is 55.2 Å². The highest BCUT2D eigenvalue weighted by molar-refractivity contribution is 5.50. The summed E-state index contributed by atoms with van der Waals surface area (Å²) in [6.45, 7) is 2.08. The van der Waals surface area contributed by atoms with Gasteiger partial charge in [0.05, 0.1) is 4.92 Å². The minimum atomic E-state index is -0.392. The van der Waals surface area contributed by atoms with E-state index >= 15 is 0 Å². The molecule has 1 aromatic rings. The SMILES string of the molecule is CC(Nc1ccc([N+](=O)[O-])cc1)C1=CC=CC1. The van der Waals surface area contributed by atoms with Gasteiger partial charge in [-0.3, -0.25) is 10.1 Å². The third-order valence-electron chi connectivity index (χ3n) is 2.82. The molecule has 0 radical (unpaired) electrons. The third kappa shape index (κ3) is 2.72. The monoisotopic (exact) mass is 230 g/mol. The number of hydrogen-bond acceptors (Lipinski definition) is 3. The highest BCUT2D eigenvalue weighted by Crippen LogP contribution is 2.20. The predicted octanol–water partition coefficient (Wildman–Crippen LogP) is 3.28. The zero-order chi connectivity index (χ0) is 12.3. The molecule has 0 aromatic heterocycles. The van der Waals surface area contributed by atoms with Gasteiger partial charge in [0.25, 0.3) is 5.69 Å². The van der Waals surface area contributed by atoms with Crippen molar-refractivity contribution in [3.63, 3.8) is 0 Å². The van der Waals surface area contributed by atoms with Gasteiger partial charge in [-0.1, -0.05) is 18.2 Å². The van der Waals surface area contributed by atoms with Crippen LogP contribution in [0.15, 0.2) is 48.1 Å². The fourth-order valence-corrected chi connectivity index (χ4v) is 1.81. The molecule has 2 rings (SSSR count). The Kier molecular flexibility index (Phi) is 3.23. The molecule has 0 spiro atoms. The van der Waals surface area contributed by atoms with Crippen molar-refractivity contribution in [3.05, 3.63) is 58.2 Å². The molecule has 1 aliphatic carbocycles. The molecule has 1 N–H and O–H groups in total. The van der Waals surface area contributed by atoms with Crippen LogP contribution in [0, 0.1) is 10.1 Å². The number of nitrogens with zero attached hydrogens (tertiary/aromatic N) is 1. The molecule has 0 saturated carbocycles. The van der Waals surface area contributed by atoms with Crippen molar-refractivity contribution in [2.75, 3.05) is 5.32 Å². The minimum absolute atomic E-state index is 0.116. The highest BCUT2D eigenvalue weighted by Gasteiger charge is 2.10. The van der Waals surface area contributed by atoms with E-state index in [0.29, 0.717) is 0 Å². The van der Waals surface area contributed by atoms with E-state index in [0.717, 1.165) is 12.1 Å². The van der Waals surface area contributed by atoms with Crippen molar-refractivity contribution < 1.29 is 4.92 Å². The van der Waals surface area contributed by atoms with Crippen molar-refractivity contribution in [2.45, 2.75) is 19.4 Å². The molecule has 88 valence electrons. The molecule has 17 heavy (non-hydrogen) atoms. The Morgan fingerprint density at radius 1 is 1.35 bits per heavy atom. The van der Waals surface area contributed by atoms with Crippen LogP contribution in [0.5, 0.6) is 0 Å². The Labute approximate surface area is 99.8 Å². The molecule has 0 aliphatic heterocycles. The number of anilines is 1. The fraction of sp³-hybridized carbons (Fsp3) is 0.231. The summed E-state index contributed by atoms with van der Waals surface area (Å²) in [5.74, 6) is 0. The number of allylic oxidation sites excluding steroid dienone is 3. The van der Waals surface area contributed by atoms with Gasteiger partial charge in [-0.25, -0.2) is 0 Å². The Morgan fingerprint density at radius 3 is 2.59 bits per heavy atom. The van der Waals surface area contributed by atoms with Gasteiger partial charge in [0.2, 0.25) is 0 Å². The van der Waals surface area contributed by atoms with Crippen molar-refractivity contribution in [2.24, 2.45) is 0 Å². The zero-order valence-electron chi connectivity index (χ0n) is 9.59. The van der Waals surface area contributed by atoms with Crippen LogP contribution in [-0.2, 0) is 0 Å². The van der Waals surface area contributed by atoms with Gasteiger partial charge in [0, 0.05) is 23.9 Å². The molecule has 0 amide bonds. The Bertz CT molecular complexity index is 475. The maximum Gasteiger partial charge on any atom is 0.269 e. The quantitative estimate of drug-likeness (QED) is 0.638. The molecule has 4 nitrogen and oxygen atoms in total. The lowest BCUT2D eigenvalue weighted by atomic mass is 10.1. The summed E-state index contributed by atoms with van der Waals surface area (Å²) >= 11 is 0. The van der Waals surface area contributed by atoms with Gasteiger partial charge in [-0.15, -0.1) is 0 Å². The van der Waals surface area contributed by atoms with Gasteiger partial charge in [0.1, 0.15) is 0 Å². The second kappa shape index (κ2) is 4.82. The van der Waals surface area contributed by atoms with Crippen molar-refractivity contribution >= 4 is 11.4 Å². The largest absolute Gasteiger partial charge is 0.379 e. The van der Waals surface area contributed by atoms with E-state index in [1.807, 2.05) is 6.08 Å². The molecule has 0 bridgehead atoms. The van der Waals surface area contributed by atoms with E-state index in [4.69, 9.17) is 0 Å². The number of non-ortho nitro benzene ring substituents is 1. The van der Waals surface area contributed by atoms with Gasteiger partial charge in [-0.2, -0.15) is 0 Å². The van der Waals surface area contributed by atoms with Crippen LogP contribution >= 0.6 is 0 Å². The maximum absolute atomic E-state index is 10.5. The van der Waals surface area contributed by atoms with E-state index in [2.05, 4.69) is 24.4 Å². The first kappa shape index (κ1) is 11.4. The maximum atomic E-state index is 10.5. The average molecular weight is 230 g/mol. The summed E-state index contributed by atoms with van der Waals surface area (Å²) in [6.07, 6.45) is 7.23. The summed E-state index contributed by atoms with van der Waals surface area (Å²) < 4.78 is 0. The Balaban J connectivity index is 2.01. The molecule has 1 unspecified atom stereocenters. The van der Waals surface area contributed by atoms with Gasteiger partial charge in [-0.05, 0) is 31.1 Å². The Hall–Kier alpha value is -2.10. The molecule has 0 fully saturated rings. The number of rotatable bonds is 4. The normalized spacial score (nSPS) is 15.5. The molecule has 1 aromatic carbocycles. The summed E-state index contributed by atoms with van der Waals surface area (Å²) in [7, 11) is 0. The second-order valence-corrected chi connectivity index (χ2v) is 4.04. The average Bonchev–Trinajstić information content (AvgIpc) is 2.83. The fourth-order valence-electron chi connectivity index (χ4n) is 1.81. The van der Waals surface area contributed by atoms with E-state index in [-0.39, 0.29) is 11.7 Å².